The lowest BCUT2D eigenvalue weighted by atomic mass is 9.86. The molecule has 0 spiro atoms. The van der Waals surface area contributed by atoms with Crippen molar-refractivity contribution in [3.8, 4) is 11.5 Å². The molecule has 0 saturated heterocycles. The summed E-state index contributed by atoms with van der Waals surface area (Å²) in [5.41, 5.74) is 1.33. The fraction of sp³-hybridized carbons (Fsp3) is 0.364. The number of carbonyl (C=O) groups is 2. The van der Waals surface area contributed by atoms with Crippen molar-refractivity contribution < 1.29 is 23.8 Å². The van der Waals surface area contributed by atoms with E-state index in [4.69, 9.17) is 14.2 Å². The first kappa shape index (κ1) is 21.3. The molecular formula is C22H27NO5. The van der Waals surface area contributed by atoms with Crippen LogP contribution in [-0.2, 0) is 14.3 Å². The van der Waals surface area contributed by atoms with Crippen LogP contribution < -0.4 is 14.8 Å². The molecule has 0 saturated carbocycles. The van der Waals surface area contributed by atoms with E-state index in [-0.39, 0.29) is 12.5 Å². The Morgan fingerprint density at radius 2 is 1.75 bits per heavy atom. The van der Waals surface area contributed by atoms with Gasteiger partial charge in [0.2, 0.25) is 0 Å². The molecule has 2 atom stereocenters. The minimum atomic E-state index is -0.448. The van der Waals surface area contributed by atoms with Gasteiger partial charge >= 0.3 is 5.97 Å². The third-order valence-electron chi connectivity index (χ3n) is 4.65. The number of hydrogen-bond acceptors (Lipinski definition) is 5. The summed E-state index contributed by atoms with van der Waals surface area (Å²) in [6.45, 7) is 3.65. The van der Waals surface area contributed by atoms with Gasteiger partial charge < -0.3 is 19.5 Å². The lowest BCUT2D eigenvalue weighted by molar-refractivity contribution is -0.150. The van der Waals surface area contributed by atoms with E-state index in [1.54, 1.807) is 18.2 Å². The van der Waals surface area contributed by atoms with Crippen LogP contribution in [-0.4, -0.2) is 32.7 Å². The number of ether oxygens (including phenoxy) is 3. The molecule has 2 aromatic rings. The lowest BCUT2D eigenvalue weighted by Gasteiger charge is -2.21. The molecule has 2 aromatic carbocycles. The molecule has 0 aliphatic carbocycles. The first-order valence-electron chi connectivity index (χ1n) is 9.23. The summed E-state index contributed by atoms with van der Waals surface area (Å²) in [6.07, 6.45) is 0.821. The summed E-state index contributed by atoms with van der Waals surface area (Å²) in [7, 11) is 3.04. The predicted molar refractivity (Wildman–Crippen MR) is 108 cm³/mol. The largest absolute Gasteiger partial charge is 0.497 e. The zero-order valence-electron chi connectivity index (χ0n) is 16.7. The molecule has 0 heterocycles. The molecule has 0 radical (unpaired) electrons. The topological polar surface area (TPSA) is 73.9 Å². The van der Waals surface area contributed by atoms with Crippen molar-refractivity contribution in [2.45, 2.75) is 26.2 Å². The number of carbonyl (C=O) groups excluding carboxylic acids is 2. The van der Waals surface area contributed by atoms with Gasteiger partial charge in [0.25, 0.3) is 5.91 Å². The maximum atomic E-state index is 12.7. The smallest absolute Gasteiger partial charge is 0.314 e. The van der Waals surface area contributed by atoms with Gasteiger partial charge in [-0.2, -0.15) is 0 Å². The number of anilines is 1. The van der Waals surface area contributed by atoms with Crippen LogP contribution in [0.2, 0.25) is 0 Å². The van der Waals surface area contributed by atoms with Crippen molar-refractivity contribution in [1.29, 1.82) is 0 Å². The summed E-state index contributed by atoms with van der Waals surface area (Å²) in [5, 5.41) is 2.69. The second kappa shape index (κ2) is 10.3. The van der Waals surface area contributed by atoms with Crippen molar-refractivity contribution in [1.82, 2.24) is 0 Å². The van der Waals surface area contributed by atoms with Gasteiger partial charge in [0.05, 0.1) is 25.8 Å². The van der Waals surface area contributed by atoms with Gasteiger partial charge in [0.1, 0.15) is 11.5 Å². The van der Waals surface area contributed by atoms with E-state index in [0.29, 0.717) is 17.2 Å². The quantitative estimate of drug-likeness (QED) is 0.660. The molecule has 6 nitrogen and oxygen atoms in total. The normalized spacial score (nSPS) is 12.6. The maximum Gasteiger partial charge on any atom is 0.314 e. The molecule has 0 aromatic heterocycles. The number of rotatable bonds is 9. The van der Waals surface area contributed by atoms with Crippen LogP contribution in [0.4, 0.5) is 5.69 Å². The SMILES string of the molecule is CCC(C)C(C(=O)OCC(=O)Nc1cc(OC)ccc1OC)c1ccccc1. The Balaban J connectivity index is 2.04. The summed E-state index contributed by atoms with van der Waals surface area (Å²) in [5.74, 6) is -0.109. The molecular weight excluding hydrogens is 358 g/mol. The third kappa shape index (κ3) is 5.49. The van der Waals surface area contributed by atoms with Crippen molar-refractivity contribution in [2.24, 2.45) is 5.92 Å². The third-order valence-corrected chi connectivity index (χ3v) is 4.65. The molecule has 150 valence electrons. The van der Waals surface area contributed by atoms with Crippen LogP contribution in [0.25, 0.3) is 0 Å². The number of hydrogen-bond donors (Lipinski definition) is 1. The summed E-state index contributed by atoms with van der Waals surface area (Å²) < 4.78 is 15.7. The van der Waals surface area contributed by atoms with Crippen LogP contribution in [0.1, 0.15) is 31.7 Å². The van der Waals surface area contributed by atoms with Gasteiger partial charge in [-0.25, -0.2) is 0 Å². The fourth-order valence-corrected chi connectivity index (χ4v) is 2.92. The molecule has 2 rings (SSSR count). The number of benzene rings is 2. The Kier molecular flexibility index (Phi) is 7.87. The molecule has 0 fully saturated rings. The molecule has 0 aliphatic rings. The molecule has 1 amide bonds. The van der Waals surface area contributed by atoms with Gasteiger partial charge in [0, 0.05) is 6.07 Å². The van der Waals surface area contributed by atoms with E-state index in [9.17, 15) is 9.59 Å². The highest BCUT2D eigenvalue weighted by molar-refractivity contribution is 5.94. The van der Waals surface area contributed by atoms with E-state index < -0.39 is 17.8 Å². The van der Waals surface area contributed by atoms with Gasteiger partial charge in [-0.05, 0) is 23.6 Å². The van der Waals surface area contributed by atoms with E-state index in [1.807, 2.05) is 44.2 Å². The molecule has 2 unspecified atom stereocenters. The van der Waals surface area contributed by atoms with Crippen LogP contribution in [0.3, 0.4) is 0 Å². The van der Waals surface area contributed by atoms with E-state index in [0.717, 1.165) is 12.0 Å². The Hall–Kier alpha value is -3.02. The van der Waals surface area contributed by atoms with Gasteiger partial charge in [0.15, 0.2) is 6.61 Å². The molecule has 6 heteroatoms. The van der Waals surface area contributed by atoms with E-state index in [2.05, 4.69) is 5.32 Å². The van der Waals surface area contributed by atoms with Crippen molar-refractivity contribution in [3.05, 3.63) is 54.1 Å². The zero-order valence-corrected chi connectivity index (χ0v) is 16.7. The lowest BCUT2D eigenvalue weighted by Crippen LogP contribution is -2.27. The highest BCUT2D eigenvalue weighted by atomic mass is 16.5. The minimum Gasteiger partial charge on any atom is -0.497 e. The monoisotopic (exact) mass is 385 g/mol. The Morgan fingerprint density at radius 3 is 2.36 bits per heavy atom. The van der Waals surface area contributed by atoms with E-state index >= 15 is 0 Å². The first-order chi connectivity index (χ1) is 13.5. The highest BCUT2D eigenvalue weighted by Crippen LogP contribution is 2.30. The summed E-state index contributed by atoms with van der Waals surface area (Å²) in [4.78, 5) is 25.0. The standard InChI is InChI=1S/C22H27NO5/c1-5-15(2)21(16-9-7-6-8-10-16)22(25)28-14-20(24)23-18-13-17(26-3)11-12-19(18)27-4/h6-13,15,21H,5,14H2,1-4H3,(H,23,24). The average Bonchev–Trinajstić information content (AvgIpc) is 2.73. The zero-order chi connectivity index (χ0) is 20.5. The Bertz CT molecular complexity index is 791. The summed E-state index contributed by atoms with van der Waals surface area (Å²) >= 11 is 0. The average molecular weight is 385 g/mol. The number of esters is 1. The second-order valence-corrected chi connectivity index (χ2v) is 6.50. The second-order valence-electron chi connectivity index (χ2n) is 6.50. The highest BCUT2D eigenvalue weighted by Gasteiger charge is 2.27. The number of nitrogens with one attached hydrogen (secondary N) is 1. The van der Waals surface area contributed by atoms with Crippen LogP contribution in [0.15, 0.2) is 48.5 Å². The van der Waals surface area contributed by atoms with Gasteiger partial charge in [-0.1, -0.05) is 50.6 Å². The number of amides is 1. The Morgan fingerprint density at radius 1 is 1.04 bits per heavy atom. The predicted octanol–water partition coefficient (Wildman–Crippen LogP) is 4.02. The molecule has 1 N–H and O–H groups in total. The van der Waals surface area contributed by atoms with Crippen LogP contribution in [0, 0.1) is 5.92 Å². The maximum absolute atomic E-state index is 12.7. The summed E-state index contributed by atoms with van der Waals surface area (Å²) in [6, 6.07) is 14.5. The van der Waals surface area contributed by atoms with Crippen LogP contribution in [0.5, 0.6) is 11.5 Å². The van der Waals surface area contributed by atoms with Crippen molar-refractivity contribution in [2.75, 3.05) is 26.1 Å². The number of methoxy groups -OCH3 is 2. The minimum absolute atomic E-state index is 0.0939. The van der Waals surface area contributed by atoms with E-state index in [1.165, 1.54) is 14.2 Å². The Labute approximate surface area is 165 Å². The molecule has 0 bridgehead atoms. The first-order valence-corrected chi connectivity index (χ1v) is 9.23. The molecule has 28 heavy (non-hydrogen) atoms. The molecule has 0 aliphatic heterocycles. The van der Waals surface area contributed by atoms with Crippen molar-refractivity contribution in [3.63, 3.8) is 0 Å². The fourth-order valence-electron chi connectivity index (χ4n) is 2.92. The van der Waals surface area contributed by atoms with Crippen LogP contribution >= 0.6 is 0 Å². The van der Waals surface area contributed by atoms with Gasteiger partial charge in [-0.3, -0.25) is 9.59 Å². The van der Waals surface area contributed by atoms with Gasteiger partial charge in [-0.15, -0.1) is 0 Å². The van der Waals surface area contributed by atoms with Crippen molar-refractivity contribution >= 4 is 17.6 Å².